The molecule has 0 aromatic carbocycles. The number of rotatable bonds is 3. The molecule has 1 atom stereocenters. The van der Waals surface area contributed by atoms with Gasteiger partial charge in [0.25, 0.3) is 0 Å². The molecule has 0 radical (unpaired) electrons. The minimum absolute atomic E-state index is 0.171. The van der Waals surface area contributed by atoms with E-state index in [-0.39, 0.29) is 5.54 Å². The summed E-state index contributed by atoms with van der Waals surface area (Å²) in [5.74, 6) is 1.60. The van der Waals surface area contributed by atoms with Gasteiger partial charge in [0.15, 0.2) is 0 Å². The predicted molar refractivity (Wildman–Crippen MR) is 69.3 cm³/mol. The Balaban J connectivity index is 1.92. The molecule has 1 saturated heterocycles. The van der Waals surface area contributed by atoms with Crippen LogP contribution in [0.1, 0.15) is 37.6 Å². The van der Waals surface area contributed by atoms with E-state index in [1.54, 1.807) is 12.4 Å². The standard InChI is InChI=1S/C13H17N5O/c1-3-13(5-4-6-16-13)12-17-11(18-19-12)10-14-7-9(2)8-15-10/h7-8,16H,3-6H2,1-2H3. The van der Waals surface area contributed by atoms with Gasteiger partial charge in [-0.05, 0) is 38.3 Å². The third-order valence-corrected chi connectivity index (χ3v) is 3.66. The van der Waals surface area contributed by atoms with Crippen LogP contribution in [-0.4, -0.2) is 26.7 Å². The van der Waals surface area contributed by atoms with Gasteiger partial charge in [-0.15, -0.1) is 0 Å². The van der Waals surface area contributed by atoms with E-state index in [1.165, 1.54) is 0 Å². The highest BCUT2D eigenvalue weighted by Gasteiger charge is 2.39. The summed E-state index contributed by atoms with van der Waals surface area (Å²) in [6.45, 7) is 5.07. The average molecular weight is 259 g/mol. The zero-order valence-corrected chi connectivity index (χ0v) is 11.2. The lowest BCUT2D eigenvalue weighted by atomic mass is 9.94. The van der Waals surface area contributed by atoms with Crippen molar-refractivity contribution in [2.75, 3.05) is 6.54 Å². The molecule has 3 rings (SSSR count). The van der Waals surface area contributed by atoms with Crippen molar-refractivity contribution in [2.45, 2.75) is 38.6 Å². The molecule has 100 valence electrons. The van der Waals surface area contributed by atoms with Crippen molar-refractivity contribution >= 4 is 0 Å². The number of nitrogens with zero attached hydrogens (tertiary/aromatic N) is 4. The third kappa shape index (κ3) is 2.12. The van der Waals surface area contributed by atoms with Crippen molar-refractivity contribution in [1.82, 2.24) is 25.4 Å². The van der Waals surface area contributed by atoms with Crippen molar-refractivity contribution in [2.24, 2.45) is 0 Å². The molecule has 2 aromatic heterocycles. The predicted octanol–water partition coefficient (Wildman–Crippen LogP) is 1.82. The fourth-order valence-corrected chi connectivity index (χ4v) is 2.46. The fraction of sp³-hybridized carbons (Fsp3) is 0.538. The lowest BCUT2D eigenvalue weighted by molar-refractivity contribution is 0.250. The van der Waals surface area contributed by atoms with Crippen LogP contribution in [0.15, 0.2) is 16.9 Å². The summed E-state index contributed by atoms with van der Waals surface area (Å²) in [4.78, 5) is 12.9. The molecule has 1 aliphatic rings. The molecule has 0 bridgehead atoms. The van der Waals surface area contributed by atoms with Crippen LogP contribution >= 0.6 is 0 Å². The second-order valence-electron chi connectivity index (χ2n) is 4.97. The number of hydrogen-bond donors (Lipinski definition) is 1. The van der Waals surface area contributed by atoms with Crippen molar-refractivity contribution in [3.8, 4) is 11.6 Å². The molecule has 1 N–H and O–H groups in total. The molecule has 0 saturated carbocycles. The summed E-state index contributed by atoms with van der Waals surface area (Å²) < 4.78 is 5.42. The highest BCUT2D eigenvalue weighted by atomic mass is 16.5. The first-order valence-corrected chi connectivity index (χ1v) is 6.62. The van der Waals surface area contributed by atoms with E-state index < -0.39 is 0 Å². The number of aryl methyl sites for hydroxylation is 1. The van der Waals surface area contributed by atoms with E-state index >= 15 is 0 Å². The monoisotopic (exact) mass is 259 g/mol. The van der Waals surface area contributed by atoms with Gasteiger partial charge in [-0.25, -0.2) is 9.97 Å². The van der Waals surface area contributed by atoms with Crippen LogP contribution in [0.5, 0.6) is 0 Å². The molecule has 2 aromatic rings. The summed E-state index contributed by atoms with van der Waals surface area (Å²) in [6, 6.07) is 0. The Hall–Kier alpha value is -1.82. The lowest BCUT2D eigenvalue weighted by Gasteiger charge is -2.22. The second kappa shape index (κ2) is 4.70. The second-order valence-corrected chi connectivity index (χ2v) is 4.97. The average Bonchev–Trinajstić information content (AvgIpc) is 3.09. The summed E-state index contributed by atoms with van der Waals surface area (Å²) >= 11 is 0. The Bertz CT molecular complexity index is 557. The SMILES string of the molecule is CCC1(c2nc(-c3ncc(C)cn3)no2)CCCN1. The van der Waals surface area contributed by atoms with E-state index in [0.29, 0.717) is 17.5 Å². The Morgan fingerprint density at radius 3 is 2.74 bits per heavy atom. The highest BCUT2D eigenvalue weighted by Crippen LogP contribution is 2.33. The quantitative estimate of drug-likeness (QED) is 0.906. The van der Waals surface area contributed by atoms with Crippen molar-refractivity contribution in [1.29, 1.82) is 0 Å². The lowest BCUT2D eigenvalue weighted by Crippen LogP contribution is -2.36. The minimum Gasteiger partial charge on any atom is -0.337 e. The summed E-state index contributed by atoms with van der Waals surface area (Å²) in [5, 5.41) is 7.48. The molecule has 1 aliphatic heterocycles. The molecular weight excluding hydrogens is 242 g/mol. The molecule has 0 spiro atoms. The first kappa shape index (κ1) is 12.2. The smallest absolute Gasteiger partial charge is 0.247 e. The Morgan fingerprint density at radius 2 is 2.11 bits per heavy atom. The van der Waals surface area contributed by atoms with Crippen molar-refractivity contribution in [3.05, 3.63) is 23.8 Å². The third-order valence-electron chi connectivity index (χ3n) is 3.66. The van der Waals surface area contributed by atoms with E-state index in [0.717, 1.165) is 31.4 Å². The summed E-state index contributed by atoms with van der Waals surface area (Å²) in [7, 11) is 0. The van der Waals surface area contributed by atoms with Gasteiger partial charge < -0.3 is 9.84 Å². The zero-order chi connectivity index (χ0) is 13.3. The molecule has 0 aliphatic carbocycles. The van der Waals surface area contributed by atoms with Crippen molar-refractivity contribution < 1.29 is 4.52 Å². The maximum atomic E-state index is 5.42. The van der Waals surface area contributed by atoms with Crippen LogP contribution in [-0.2, 0) is 5.54 Å². The topological polar surface area (TPSA) is 76.7 Å². The minimum atomic E-state index is -0.171. The van der Waals surface area contributed by atoms with Crippen LogP contribution in [0.4, 0.5) is 0 Å². The maximum absolute atomic E-state index is 5.42. The van der Waals surface area contributed by atoms with Crippen LogP contribution in [0.25, 0.3) is 11.6 Å². The van der Waals surface area contributed by atoms with E-state index in [1.807, 2.05) is 6.92 Å². The van der Waals surface area contributed by atoms with Gasteiger partial charge in [-0.2, -0.15) is 4.98 Å². The molecule has 1 unspecified atom stereocenters. The van der Waals surface area contributed by atoms with Gasteiger partial charge in [0.1, 0.15) is 0 Å². The van der Waals surface area contributed by atoms with Crippen LogP contribution in [0, 0.1) is 6.92 Å². The molecule has 19 heavy (non-hydrogen) atoms. The molecule has 6 nitrogen and oxygen atoms in total. The van der Waals surface area contributed by atoms with E-state index in [2.05, 4.69) is 32.3 Å². The maximum Gasteiger partial charge on any atom is 0.247 e. The van der Waals surface area contributed by atoms with Crippen molar-refractivity contribution in [3.63, 3.8) is 0 Å². The van der Waals surface area contributed by atoms with Gasteiger partial charge in [0.2, 0.25) is 17.5 Å². The molecule has 6 heteroatoms. The van der Waals surface area contributed by atoms with E-state index in [9.17, 15) is 0 Å². The van der Waals surface area contributed by atoms with Gasteiger partial charge in [-0.1, -0.05) is 12.1 Å². The molecule has 0 amide bonds. The van der Waals surface area contributed by atoms with E-state index in [4.69, 9.17) is 4.52 Å². The van der Waals surface area contributed by atoms with Gasteiger partial charge >= 0.3 is 0 Å². The normalized spacial score (nSPS) is 22.8. The molecule has 1 fully saturated rings. The highest BCUT2D eigenvalue weighted by molar-refractivity contribution is 5.41. The number of aromatic nitrogens is 4. The molecule has 3 heterocycles. The number of hydrogen-bond acceptors (Lipinski definition) is 6. The Morgan fingerprint density at radius 1 is 1.32 bits per heavy atom. The largest absolute Gasteiger partial charge is 0.337 e. The van der Waals surface area contributed by atoms with Gasteiger partial charge in [0.05, 0.1) is 5.54 Å². The fourth-order valence-electron chi connectivity index (χ4n) is 2.46. The zero-order valence-electron chi connectivity index (χ0n) is 11.2. The summed E-state index contributed by atoms with van der Waals surface area (Å²) in [5.41, 5.74) is 0.839. The Kier molecular flexibility index (Phi) is 3.02. The first-order chi connectivity index (χ1) is 9.23. The Labute approximate surface area is 111 Å². The van der Waals surface area contributed by atoms with Crippen LogP contribution in [0.2, 0.25) is 0 Å². The molecular formula is C13H17N5O. The van der Waals surface area contributed by atoms with Crippen LogP contribution in [0.3, 0.4) is 0 Å². The summed E-state index contributed by atoms with van der Waals surface area (Å²) in [6.07, 6.45) is 6.60. The van der Waals surface area contributed by atoms with Gasteiger partial charge in [-0.3, -0.25) is 0 Å². The first-order valence-electron chi connectivity index (χ1n) is 6.62. The van der Waals surface area contributed by atoms with Gasteiger partial charge in [0, 0.05) is 12.4 Å². The number of nitrogens with one attached hydrogen (secondary N) is 1. The van der Waals surface area contributed by atoms with Crippen LogP contribution < -0.4 is 5.32 Å².